The predicted octanol–water partition coefficient (Wildman–Crippen LogP) is 1.70. The number of benzene rings is 1. The molecule has 1 aromatic carbocycles. The molecule has 1 amide bonds. The summed E-state index contributed by atoms with van der Waals surface area (Å²) in [6.45, 7) is 10.2. The molecule has 0 spiro atoms. The number of carbonyl (C=O) groups excluding carboxylic acids is 2. The summed E-state index contributed by atoms with van der Waals surface area (Å²) in [4.78, 5) is 42.4. The molecule has 0 aliphatic carbocycles. The van der Waals surface area contributed by atoms with E-state index in [0.717, 1.165) is 56.7 Å². The van der Waals surface area contributed by atoms with E-state index in [0.29, 0.717) is 24.2 Å². The first kappa shape index (κ1) is 21.2. The number of rotatable bonds is 4. The summed E-state index contributed by atoms with van der Waals surface area (Å²) in [6, 6.07) is 8.99. The number of piperazine rings is 2. The van der Waals surface area contributed by atoms with Crippen molar-refractivity contribution in [1.29, 1.82) is 0 Å². The summed E-state index contributed by atoms with van der Waals surface area (Å²) >= 11 is 0. The van der Waals surface area contributed by atoms with E-state index in [1.54, 1.807) is 24.3 Å². The second-order valence-electron chi connectivity index (χ2n) is 8.33. The molecule has 3 heterocycles. The standard InChI is InChI=1S/C23H30N6O2/c1-17(30)19-4-6-20(7-5-19)23(31)29-14-12-28(13-15-29)22-16-21(24-18(2)25-22)27-10-8-26(3)9-11-27/h4-7,16H,8-15H2,1-3H3. The van der Waals surface area contributed by atoms with Gasteiger partial charge < -0.3 is 19.6 Å². The number of amides is 1. The Morgan fingerprint density at radius 1 is 0.774 bits per heavy atom. The molecule has 2 fully saturated rings. The average molecular weight is 423 g/mol. The number of likely N-dealkylation sites (N-methyl/N-ethyl adjacent to an activating group) is 1. The van der Waals surface area contributed by atoms with E-state index < -0.39 is 0 Å². The number of hydrogen-bond acceptors (Lipinski definition) is 7. The van der Waals surface area contributed by atoms with Gasteiger partial charge in [0.1, 0.15) is 17.5 Å². The van der Waals surface area contributed by atoms with E-state index in [2.05, 4.69) is 37.8 Å². The largest absolute Gasteiger partial charge is 0.354 e. The van der Waals surface area contributed by atoms with E-state index in [-0.39, 0.29) is 11.7 Å². The highest BCUT2D eigenvalue weighted by atomic mass is 16.2. The van der Waals surface area contributed by atoms with E-state index in [9.17, 15) is 9.59 Å². The Morgan fingerprint density at radius 3 is 1.77 bits per heavy atom. The van der Waals surface area contributed by atoms with Gasteiger partial charge in [-0.15, -0.1) is 0 Å². The summed E-state index contributed by atoms with van der Waals surface area (Å²) in [5, 5.41) is 0. The fourth-order valence-electron chi connectivity index (χ4n) is 4.06. The van der Waals surface area contributed by atoms with Gasteiger partial charge in [-0.05, 0) is 33.0 Å². The normalized spacial score (nSPS) is 17.7. The summed E-state index contributed by atoms with van der Waals surface area (Å²) in [5.74, 6) is 2.70. The summed E-state index contributed by atoms with van der Waals surface area (Å²) in [6.07, 6.45) is 0. The number of Topliss-reactive ketones (excluding diaryl/α,β-unsaturated/α-hetero) is 1. The zero-order valence-electron chi connectivity index (χ0n) is 18.5. The first-order valence-electron chi connectivity index (χ1n) is 10.8. The number of nitrogens with zero attached hydrogens (tertiary/aromatic N) is 6. The van der Waals surface area contributed by atoms with Crippen LogP contribution in [0.2, 0.25) is 0 Å². The lowest BCUT2D eigenvalue weighted by Crippen LogP contribution is -2.49. The van der Waals surface area contributed by atoms with Gasteiger partial charge >= 0.3 is 0 Å². The number of carbonyl (C=O) groups is 2. The van der Waals surface area contributed by atoms with E-state index >= 15 is 0 Å². The molecule has 1 aromatic heterocycles. The Kier molecular flexibility index (Phi) is 6.18. The van der Waals surface area contributed by atoms with Crippen LogP contribution in [0.5, 0.6) is 0 Å². The van der Waals surface area contributed by atoms with Gasteiger partial charge in [-0.3, -0.25) is 9.59 Å². The summed E-state index contributed by atoms with van der Waals surface area (Å²) in [5.41, 5.74) is 1.24. The van der Waals surface area contributed by atoms with Gasteiger partial charge in [-0.1, -0.05) is 12.1 Å². The fourth-order valence-corrected chi connectivity index (χ4v) is 4.06. The second-order valence-corrected chi connectivity index (χ2v) is 8.33. The second kappa shape index (κ2) is 9.01. The molecule has 0 N–H and O–H groups in total. The van der Waals surface area contributed by atoms with Gasteiger partial charge in [-0.25, -0.2) is 9.97 Å². The van der Waals surface area contributed by atoms with Gasteiger partial charge in [0.2, 0.25) is 0 Å². The Balaban J connectivity index is 1.40. The number of anilines is 2. The minimum Gasteiger partial charge on any atom is -0.354 e. The topological polar surface area (TPSA) is 72.9 Å². The molecule has 31 heavy (non-hydrogen) atoms. The lowest BCUT2D eigenvalue weighted by Gasteiger charge is -2.37. The quantitative estimate of drug-likeness (QED) is 0.695. The molecule has 2 aliphatic rings. The lowest BCUT2D eigenvalue weighted by atomic mass is 10.1. The Labute approximate surface area is 183 Å². The number of hydrogen-bond donors (Lipinski definition) is 0. The zero-order valence-corrected chi connectivity index (χ0v) is 18.5. The van der Waals surface area contributed by atoms with Crippen LogP contribution in [0.25, 0.3) is 0 Å². The van der Waals surface area contributed by atoms with E-state index in [1.807, 2.05) is 11.8 Å². The van der Waals surface area contributed by atoms with Crippen LogP contribution in [-0.2, 0) is 0 Å². The Bertz CT molecular complexity index is 945. The van der Waals surface area contributed by atoms with Gasteiger partial charge in [0.25, 0.3) is 5.91 Å². The van der Waals surface area contributed by atoms with Crippen molar-refractivity contribution in [2.45, 2.75) is 13.8 Å². The number of ketones is 1. The van der Waals surface area contributed by atoms with Crippen LogP contribution in [0, 0.1) is 6.92 Å². The molecular weight excluding hydrogens is 392 g/mol. The average Bonchev–Trinajstić information content (AvgIpc) is 2.79. The third kappa shape index (κ3) is 4.85. The highest BCUT2D eigenvalue weighted by Crippen LogP contribution is 2.22. The van der Waals surface area contributed by atoms with Crippen LogP contribution in [0.15, 0.2) is 30.3 Å². The first-order valence-corrected chi connectivity index (χ1v) is 10.8. The molecule has 0 radical (unpaired) electrons. The van der Waals surface area contributed by atoms with Crippen LogP contribution in [0.3, 0.4) is 0 Å². The third-order valence-electron chi connectivity index (χ3n) is 6.07. The molecule has 2 aliphatic heterocycles. The molecule has 8 heteroatoms. The third-order valence-corrected chi connectivity index (χ3v) is 6.07. The first-order chi connectivity index (χ1) is 14.9. The molecule has 0 bridgehead atoms. The zero-order chi connectivity index (χ0) is 22.0. The minimum absolute atomic E-state index is 0.00343. The Hall–Kier alpha value is -3.00. The van der Waals surface area contributed by atoms with Crippen LogP contribution < -0.4 is 9.80 Å². The highest BCUT2D eigenvalue weighted by Gasteiger charge is 2.24. The monoisotopic (exact) mass is 422 g/mol. The Morgan fingerprint density at radius 2 is 1.26 bits per heavy atom. The predicted molar refractivity (Wildman–Crippen MR) is 121 cm³/mol. The fraction of sp³-hybridized carbons (Fsp3) is 0.478. The maximum absolute atomic E-state index is 12.9. The maximum Gasteiger partial charge on any atom is 0.253 e. The molecule has 2 aromatic rings. The summed E-state index contributed by atoms with van der Waals surface area (Å²) in [7, 11) is 2.15. The molecule has 2 saturated heterocycles. The summed E-state index contributed by atoms with van der Waals surface area (Å²) < 4.78 is 0. The van der Waals surface area contributed by atoms with Crippen molar-refractivity contribution in [3.8, 4) is 0 Å². The van der Waals surface area contributed by atoms with Crippen LogP contribution >= 0.6 is 0 Å². The number of aromatic nitrogens is 2. The molecule has 4 rings (SSSR count). The van der Waals surface area contributed by atoms with Gasteiger partial charge in [0.15, 0.2) is 5.78 Å². The van der Waals surface area contributed by atoms with Crippen molar-refractivity contribution in [2.75, 3.05) is 69.2 Å². The van der Waals surface area contributed by atoms with Crippen molar-refractivity contribution in [1.82, 2.24) is 19.8 Å². The van der Waals surface area contributed by atoms with Gasteiger partial charge in [0.05, 0.1) is 0 Å². The van der Waals surface area contributed by atoms with Crippen LogP contribution in [-0.4, -0.2) is 90.9 Å². The highest BCUT2D eigenvalue weighted by molar-refractivity contribution is 5.97. The van der Waals surface area contributed by atoms with Crippen molar-refractivity contribution < 1.29 is 9.59 Å². The molecule has 0 unspecified atom stereocenters. The van der Waals surface area contributed by atoms with Crippen molar-refractivity contribution >= 4 is 23.3 Å². The van der Waals surface area contributed by atoms with Crippen molar-refractivity contribution in [3.05, 3.63) is 47.3 Å². The van der Waals surface area contributed by atoms with Gasteiger partial charge in [0, 0.05) is 69.6 Å². The van der Waals surface area contributed by atoms with Crippen molar-refractivity contribution in [3.63, 3.8) is 0 Å². The van der Waals surface area contributed by atoms with Crippen LogP contribution in [0.4, 0.5) is 11.6 Å². The minimum atomic E-state index is 0.00343. The molecular formula is C23H30N6O2. The maximum atomic E-state index is 12.9. The van der Waals surface area contributed by atoms with Gasteiger partial charge in [-0.2, -0.15) is 0 Å². The molecule has 8 nitrogen and oxygen atoms in total. The van der Waals surface area contributed by atoms with Crippen molar-refractivity contribution in [2.24, 2.45) is 0 Å². The molecule has 0 atom stereocenters. The van der Waals surface area contributed by atoms with E-state index in [4.69, 9.17) is 0 Å². The lowest BCUT2D eigenvalue weighted by molar-refractivity contribution is 0.0746. The smallest absolute Gasteiger partial charge is 0.253 e. The molecule has 0 saturated carbocycles. The SMILES string of the molecule is CC(=O)c1ccc(C(=O)N2CCN(c3cc(N4CCN(C)CC4)nc(C)n3)CC2)cc1. The van der Waals surface area contributed by atoms with Crippen LogP contribution in [0.1, 0.15) is 33.5 Å². The van der Waals surface area contributed by atoms with E-state index in [1.165, 1.54) is 6.92 Å². The molecule has 164 valence electrons. The number of aryl methyl sites for hydroxylation is 1.